The van der Waals surface area contributed by atoms with E-state index in [1.807, 2.05) is 13.8 Å². The maximum atomic E-state index is 13.1. The van der Waals surface area contributed by atoms with E-state index in [4.69, 9.17) is 4.74 Å². The second-order valence-corrected chi connectivity index (χ2v) is 7.49. The molecule has 3 aliphatic rings. The molecule has 1 aromatic carbocycles. The molecule has 2 heterocycles. The predicted molar refractivity (Wildman–Crippen MR) is 89.2 cm³/mol. The van der Waals surface area contributed by atoms with E-state index in [9.17, 15) is 9.90 Å². The molecule has 0 radical (unpaired) electrons. The zero-order chi connectivity index (χ0) is 16.5. The van der Waals surface area contributed by atoms with Crippen LogP contribution in [0.4, 0.5) is 0 Å². The minimum atomic E-state index is -0.169. The third-order valence-electron chi connectivity index (χ3n) is 6.05. The molecule has 3 heteroatoms. The van der Waals surface area contributed by atoms with Gasteiger partial charge < -0.3 is 9.84 Å². The number of hydrogen-bond acceptors (Lipinski definition) is 3. The Bertz CT molecular complexity index is 707. The molecular weight excluding hydrogens is 288 g/mol. The number of benzene rings is 1. The van der Waals surface area contributed by atoms with E-state index in [0.717, 1.165) is 29.5 Å². The van der Waals surface area contributed by atoms with Crippen molar-refractivity contribution in [2.75, 3.05) is 0 Å². The summed E-state index contributed by atoms with van der Waals surface area (Å²) in [6.45, 7) is 8.27. The number of ether oxygens (including phenoxy) is 1. The van der Waals surface area contributed by atoms with Crippen LogP contribution in [0.3, 0.4) is 0 Å². The van der Waals surface area contributed by atoms with Gasteiger partial charge in [0.25, 0.3) is 0 Å². The van der Waals surface area contributed by atoms with Gasteiger partial charge in [-0.1, -0.05) is 31.0 Å². The summed E-state index contributed by atoms with van der Waals surface area (Å²) in [4.78, 5) is 13.1. The van der Waals surface area contributed by atoms with Crippen molar-refractivity contribution in [1.29, 1.82) is 0 Å². The normalized spacial score (nSPS) is 35.3. The van der Waals surface area contributed by atoms with Crippen LogP contribution in [-0.2, 0) is 9.53 Å². The Morgan fingerprint density at radius 3 is 2.43 bits per heavy atom. The van der Waals surface area contributed by atoms with Crippen LogP contribution < -0.4 is 0 Å². The van der Waals surface area contributed by atoms with Gasteiger partial charge in [-0.05, 0) is 49.8 Å². The van der Waals surface area contributed by atoms with Crippen molar-refractivity contribution in [3.05, 3.63) is 40.1 Å². The Kier molecular flexibility index (Phi) is 3.21. The Balaban J connectivity index is 1.83. The van der Waals surface area contributed by atoms with E-state index < -0.39 is 0 Å². The lowest BCUT2D eigenvalue weighted by molar-refractivity contribution is -0.118. The summed E-state index contributed by atoms with van der Waals surface area (Å²) in [6, 6.07) is 4.17. The van der Waals surface area contributed by atoms with Gasteiger partial charge in [0, 0.05) is 0 Å². The van der Waals surface area contributed by atoms with Crippen molar-refractivity contribution in [2.45, 2.75) is 52.7 Å². The molecule has 2 aliphatic heterocycles. The molecule has 2 saturated heterocycles. The Morgan fingerprint density at radius 1 is 1.17 bits per heavy atom. The third-order valence-corrected chi connectivity index (χ3v) is 6.05. The maximum absolute atomic E-state index is 13.1. The molecular formula is C20H24O3. The molecule has 0 unspecified atom stereocenters. The smallest absolute Gasteiger partial charge is 0.173 e. The minimum absolute atomic E-state index is 0.00633. The van der Waals surface area contributed by atoms with Gasteiger partial charge in [-0.15, -0.1) is 0 Å². The third kappa shape index (κ3) is 1.89. The van der Waals surface area contributed by atoms with Crippen LogP contribution in [0.1, 0.15) is 42.0 Å². The summed E-state index contributed by atoms with van der Waals surface area (Å²) in [5.41, 5.74) is 4.81. The monoisotopic (exact) mass is 312 g/mol. The van der Waals surface area contributed by atoms with Gasteiger partial charge in [0.2, 0.25) is 0 Å². The highest BCUT2D eigenvalue weighted by Gasteiger charge is 2.61. The maximum Gasteiger partial charge on any atom is 0.173 e. The lowest BCUT2D eigenvalue weighted by Crippen LogP contribution is -2.34. The number of fused-ring (bicyclic) bond motifs is 5. The average molecular weight is 312 g/mol. The van der Waals surface area contributed by atoms with Crippen LogP contribution in [0.5, 0.6) is 0 Å². The number of allylic oxidation sites excluding steroid dienone is 1. The molecule has 5 atom stereocenters. The fourth-order valence-electron chi connectivity index (χ4n) is 5.19. The summed E-state index contributed by atoms with van der Waals surface area (Å²) in [6.07, 6.45) is 2.01. The number of ketones is 1. The molecule has 0 saturated carbocycles. The zero-order valence-electron chi connectivity index (χ0n) is 14.2. The van der Waals surface area contributed by atoms with Crippen molar-refractivity contribution in [2.24, 2.45) is 17.8 Å². The molecule has 23 heavy (non-hydrogen) atoms. The zero-order valence-corrected chi connectivity index (χ0v) is 14.2. The molecule has 1 aliphatic carbocycles. The largest absolute Gasteiger partial charge is 0.511 e. The topological polar surface area (TPSA) is 46.5 Å². The first-order valence-electron chi connectivity index (χ1n) is 8.65. The van der Waals surface area contributed by atoms with E-state index in [1.54, 1.807) is 0 Å². The quantitative estimate of drug-likeness (QED) is 0.901. The van der Waals surface area contributed by atoms with E-state index in [0.29, 0.717) is 11.5 Å². The number of aliphatic hydroxyl groups excluding tert-OH is 1. The van der Waals surface area contributed by atoms with Gasteiger partial charge in [0.05, 0.1) is 29.6 Å². The number of aryl methyl sites for hydroxylation is 3. The first-order valence-corrected chi connectivity index (χ1v) is 8.65. The molecule has 2 fully saturated rings. The molecule has 2 bridgehead atoms. The van der Waals surface area contributed by atoms with Crippen LogP contribution in [0, 0.1) is 38.5 Å². The SMILES string of the molecule is CC[C@H]1C[C@@H]2O[C@H]1[C@H]1C(O)=C(c3c(C)cc(C)cc3C)C(=O)[C@H]12. The molecule has 122 valence electrons. The van der Waals surface area contributed by atoms with Crippen molar-refractivity contribution in [3.63, 3.8) is 0 Å². The predicted octanol–water partition coefficient (Wildman–Crippen LogP) is 3.89. The number of hydrogen-bond donors (Lipinski definition) is 1. The van der Waals surface area contributed by atoms with E-state index in [-0.39, 0.29) is 35.6 Å². The fourth-order valence-corrected chi connectivity index (χ4v) is 5.19. The summed E-state index contributed by atoms with van der Waals surface area (Å²) in [7, 11) is 0. The van der Waals surface area contributed by atoms with Crippen LogP contribution in [-0.4, -0.2) is 23.1 Å². The van der Waals surface area contributed by atoms with E-state index in [1.165, 1.54) is 5.56 Å². The number of carbonyl (C=O) groups is 1. The number of aliphatic hydroxyl groups is 1. The summed E-state index contributed by atoms with van der Waals surface area (Å²) < 4.78 is 6.03. The molecule has 0 spiro atoms. The number of carbonyl (C=O) groups excluding carboxylic acids is 1. The molecule has 0 aromatic heterocycles. The first kappa shape index (κ1) is 14.9. The van der Waals surface area contributed by atoms with Gasteiger partial charge >= 0.3 is 0 Å². The lowest BCUT2D eigenvalue weighted by atomic mass is 9.74. The van der Waals surface area contributed by atoms with Gasteiger partial charge in [0.15, 0.2) is 5.78 Å². The van der Waals surface area contributed by atoms with Gasteiger partial charge in [-0.3, -0.25) is 4.79 Å². The van der Waals surface area contributed by atoms with Crippen LogP contribution in [0.25, 0.3) is 5.57 Å². The van der Waals surface area contributed by atoms with E-state index >= 15 is 0 Å². The van der Waals surface area contributed by atoms with Crippen LogP contribution >= 0.6 is 0 Å². The second-order valence-electron chi connectivity index (χ2n) is 7.49. The highest BCUT2D eigenvalue weighted by Crippen LogP contribution is 2.56. The van der Waals surface area contributed by atoms with Gasteiger partial charge in [0.1, 0.15) is 5.76 Å². The van der Waals surface area contributed by atoms with Gasteiger partial charge in [-0.2, -0.15) is 0 Å². The van der Waals surface area contributed by atoms with Crippen LogP contribution in [0.15, 0.2) is 17.9 Å². The standard InChI is InChI=1S/C20H24O3/c1-5-12-8-13-15-17(20(12)23-13)19(22)16(18(15)21)14-10(3)6-9(2)7-11(14)4/h6-7,12-13,15,17,20,22H,5,8H2,1-4H3/t12-,13-,15-,17+,20+/m0/s1. The Morgan fingerprint density at radius 2 is 1.83 bits per heavy atom. The van der Waals surface area contributed by atoms with Crippen molar-refractivity contribution in [3.8, 4) is 0 Å². The minimum Gasteiger partial charge on any atom is -0.511 e. The summed E-state index contributed by atoms with van der Waals surface area (Å²) >= 11 is 0. The van der Waals surface area contributed by atoms with Crippen molar-refractivity contribution < 1.29 is 14.6 Å². The Labute approximate surface area is 137 Å². The summed E-state index contributed by atoms with van der Waals surface area (Å²) in [5.74, 6) is 0.542. The van der Waals surface area contributed by atoms with Gasteiger partial charge in [-0.25, -0.2) is 0 Å². The fraction of sp³-hybridized carbons (Fsp3) is 0.550. The second kappa shape index (κ2) is 4.94. The number of Topliss-reactive ketones (excluding diaryl/α,β-unsaturated/α-hetero) is 1. The first-order chi connectivity index (χ1) is 10.9. The van der Waals surface area contributed by atoms with Crippen LogP contribution in [0.2, 0.25) is 0 Å². The van der Waals surface area contributed by atoms with Crippen molar-refractivity contribution >= 4 is 11.4 Å². The molecule has 0 amide bonds. The molecule has 3 nitrogen and oxygen atoms in total. The average Bonchev–Trinajstić information content (AvgIpc) is 3.12. The highest BCUT2D eigenvalue weighted by molar-refractivity contribution is 6.26. The highest BCUT2D eigenvalue weighted by atomic mass is 16.5. The molecule has 1 aromatic rings. The lowest BCUT2D eigenvalue weighted by Gasteiger charge is -2.26. The number of rotatable bonds is 2. The summed E-state index contributed by atoms with van der Waals surface area (Å²) in [5, 5.41) is 10.9. The molecule has 1 N–H and O–H groups in total. The Hall–Kier alpha value is -1.61. The van der Waals surface area contributed by atoms with E-state index in [2.05, 4.69) is 26.0 Å². The van der Waals surface area contributed by atoms with Crippen molar-refractivity contribution in [1.82, 2.24) is 0 Å². The molecule has 4 rings (SSSR count).